The molecule has 2 aromatic carbocycles. The molecule has 0 radical (unpaired) electrons. The Kier molecular flexibility index (Phi) is 6.05. The molecule has 0 saturated heterocycles. The largest absolute Gasteiger partial charge is 0.353 e. The standard InChI is InChI=1S/C19H19FN6O2/c1-13-7-8-15(11-16(13)20)19(28)22-10-9-21-17(27)12-26-24-18(23-25-26)14-5-3-2-4-6-14/h2-8,11H,9-10,12H2,1H3,(H,21,27)(H,22,28). The lowest BCUT2D eigenvalue weighted by Gasteiger charge is -2.07. The number of benzene rings is 2. The summed E-state index contributed by atoms with van der Waals surface area (Å²) in [7, 11) is 0. The number of aromatic nitrogens is 4. The van der Waals surface area contributed by atoms with Crippen LogP contribution in [0.25, 0.3) is 11.4 Å². The Morgan fingerprint density at radius 3 is 2.57 bits per heavy atom. The van der Waals surface area contributed by atoms with Gasteiger partial charge in [-0.25, -0.2) is 4.39 Å². The highest BCUT2D eigenvalue weighted by molar-refractivity contribution is 5.94. The molecule has 0 bridgehead atoms. The van der Waals surface area contributed by atoms with E-state index in [0.717, 1.165) is 5.56 Å². The molecule has 9 heteroatoms. The molecule has 2 amide bonds. The van der Waals surface area contributed by atoms with E-state index in [4.69, 9.17) is 0 Å². The number of hydrogen-bond acceptors (Lipinski definition) is 5. The van der Waals surface area contributed by atoms with Crippen molar-refractivity contribution in [2.75, 3.05) is 13.1 Å². The second-order valence-corrected chi connectivity index (χ2v) is 6.08. The van der Waals surface area contributed by atoms with Crippen LogP contribution in [0.15, 0.2) is 48.5 Å². The summed E-state index contributed by atoms with van der Waals surface area (Å²) in [5, 5.41) is 17.2. The number of nitrogens with zero attached hydrogens (tertiary/aromatic N) is 4. The van der Waals surface area contributed by atoms with E-state index in [1.165, 1.54) is 10.9 Å². The fourth-order valence-corrected chi connectivity index (χ4v) is 2.41. The van der Waals surface area contributed by atoms with Gasteiger partial charge in [0.1, 0.15) is 12.4 Å². The highest BCUT2D eigenvalue weighted by Crippen LogP contribution is 2.11. The highest BCUT2D eigenvalue weighted by atomic mass is 19.1. The zero-order valence-corrected chi connectivity index (χ0v) is 15.2. The molecule has 8 nitrogen and oxygen atoms in total. The number of hydrogen-bond donors (Lipinski definition) is 2. The fraction of sp³-hybridized carbons (Fsp3) is 0.211. The van der Waals surface area contributed by atoms with Crippen LogP contribution in [0.2, 0.25) is 0 Å². The van der Waals surface area contributed by atoms with Crippen molar-refractivity contribution >= 4 is 11.8 Å². The average Bonchev–Trinajstić information content (AvgIpc) is 3.16. The average molecular weight is 382 g/mol. The molecule has 1 aromatic heterocycles. The van der Waals surface area contributed by atoms with Crippen LogP contribution in [-0.2, 0) is 11.3 Å². The second-order valence-electron chi connectivity index (χ2n) is 6.08. The van der Waals surface area contributed by atoms with E-state index in [9.17, 15) is 14.0 Å². The van der Waals surface area contributed by atoms with Crippen molar-refractivity contribution in [2.45, 2.75) is 13.5 Å². The molecule has 0 atom stereocenters. The summed E-state index contributed by atoms with van der Waals surface area (Å²) in [5.74, 6) is -0.714. The Morgan fingerprint density at radius 1 is 1.07 bits per heavy atom. The molecule has 3 rings (SSSR count). The minimum atomic E-state index is -0.434. The van der Waals surface area contributed by atoms with Crippen LogP contribution < -0.4 is 10.6 Å². The van der Waals surface area contributed by atoms with Gasteiger partial charge in [-0.15, -0.1) is 10.2 Å². The maximum absolute atomic E-state index is 13.5. The predicted molar refractivity (Wildman–Crippen MR) is 99.7 cm³/mol. The number of rotatable bonds is 7. The van der Waals surface area contributed by atoms with Gasteiger partial charge in [-0.1, -0.05) is 36.4 Å². The number of carbonyl (C=O) groups is 2. The third kappa shape index (κ3) is 4.97. The number of nitrogens with one attached hydrogen (secondary N) is 2. The predicted octanol–water partition coefficient (Wildman–Crippen LogP) is 1.33. The van der Waals surface area contributed by atoms with Crippen LogP contribution in [0.3, 0.4) is 0 Å². The van der Waals surface area contributed by atoms with Crippen LogP contribution in [0.1, 0.15) is 15.9 Å². The first-order valence-electron chi connectivity index (χ1n) is 8.67. The lowest BCUT2D eigenvalue weighted by Crippen LogP contribution is -2.36. The van der Waals surface area contributed by atoms with Crippen LogP contribution in [-0.4, -0.2) is 45.1 Å². The molecule has 0 unspecified atom stereocenters. The second kappa shape index (κ2) is 8.85. The van der Waals surface area contributed by atoms with Gasteiger partial charge in [-0.05, 0) is 29.8 Å². The Labute approximate surface area is 160 Å². The van der Waals surface area contributed by atoms with Crippen LogP contribution in [0.5, 0.6) is 0 Å². The van der Waals surface area contributed by atoms with E-state index < -0.39 is 11.7 Å². The summed E-state index contributed by atoms with van der Waals surface area (Å²) in [6.07, 6.45) is 0. The van der Waals surface area contributed by atoms with Crippen molar-refractivity contribution in [3.8, 4) is 11.4 Å². The summed E-state index contributed by atoms with van der Waals surface area (Å²) in [6.45, 7) is 1.97. The summed E-state index contributed by atoms with van der Waals surface area (Å²) >= 11 is 0. The quantitative estimate of drug-likeness (QED) is 0.601. The van der Waals surface area contributed by atoms with E-state index in [0.29, 0.717) is 11.4 Å². The van der Waals surface area contributed by atoms with Crippen LogP contribution >= 0.6 is 0 Å². The maximum Gasteiger partial charge on any atom is 0.251 e. The molecule has 28 heavy (non-hydrogen) atoms. The van der Waals surface area contributed by atoms with Crippen molar-refractivity contribution in [1.29, 1.82) is 0 Å². The number of aryl methyl sites for hydroxylation is 1. The van der Waals surface area contributed by atoms with E-state index in [2.05, 4.69) is 26.0 Å². The molecular weight excluding hydrogens is 363 g/mol. The number of tetrazole rings is 1. The van der Waals surface area contributed by atoms with Gasteiger partial charge in [0, 0.05) is 24.2 Å². The Balaban J connectivity index is 1.42. The van der Waals surface area contributed by atoms with Crippen LogP contribution in [0, 0.1) is 12.7 Å². The molecule has 3 aromatic rings. The van der Waals surface area contributed by atoms with Gasteiger partial charge in [0.15, 0.2) is 0 Å². The van der Waals surface area contributed by atoms with E-state index in [1.54, 1.807) is 19.1 Å². The normalized spacial score (nSPS) is 10.5. The first kappa shape index (κ1) is 19.2. The molecule has 2 N–H and O–H groups in total. The van der Waals surface area contributed by atoms with Crippen LogP contribution in [0.4, 0.5) is 4.39 Å². The summed E-state index contributed by atoms with van der Waals surface area (Å²) in [6, 6.07) is 13.6. The Morgan fingerprint density at radius 2 is 1.82 bits per heavy atom. The van der Waals surface area contributed by atoms with Crippen molar-refractivity contribution in [3.05, 3.63) is 65.5 Å². The zero-order chi connectivity index (χ0) is 19.9. The summed E-state index contributed by atoms with van der Waals surface area (Å²) < 4.78 is 13.5. The molecule has 0 aliphatic rings. The minimum Gasteiger partial charge on any atom is -0.353 e. The van der Waals surface area contributed by atoms with Gasteiger partial charge in [-0.3, -0.25) is 9.59 Å². The molecule has 1 heterocycles. The third-order valence-electron chi connectivity index (χ3n) is 3.94. The van der Waals surface area contributed by atoms with Gasteiger partial charge in [0.25, 0.3) is 5.91 Å². The molecule has 0 saturated carbocycles. The first-order valence-corrected chi connectivity index (χ1v) is 8.67. The minimum absolute atomic E-state index is 0.0864. The fourth-order valence-electron chi connectivity index (χ4n) is 2.41. The number of halogens is 1. The Hall–Kier alpha value is -3.62. The SMILES string of the molecule is Cc1ccc(C(=O)NCCNC(=O)Cn2nnc(-c3ccccc3)n2)cc1F. The Bertz CT molecular complexity index is 974. The van der Waals surface area contributed by atoms with Gasteiger partial charge in [0.2, 0.25) is 11.7 Å². The van der Waals surface area contributed by atoms with Crippen molar-refractivity contribution in [2.24, 2.45) is 0 Å². The molecule has 0 fully saturated rings. The monoisotopic (exact) mass is 382 g/mol. The van der Waals surface area contributed by atoms with Crippen molar-refractivity contribution < 1.29 is 14.0 Å². The van der Waals surface area contributed by atoms with Crippen molar-refractivity contribution in [1.82, 2.24) is 30.8 Å². The molecule has 0 aliphatic carbocycles. The summed E-state index contributed by atoms with van der Waals surface area (Å²) in [5.41, 5.74) is 1.51. The van der Waals surface area contributed by atoms with Crippen molar-refractivity contribution in [3.63, 3.8) is 0 Å². The van der Waals surface area contributed by atoms with Gasteiger partial charge >= 0.3 is 0 Å². The van der Waals surface area contributed by atoms with E-state index in [1.807, 2.05) is 30.3 Å². The van der Waals surface area contributed by atoms with Gasteiger partial charge in [0.05, 0.1) is 0 Å². The lowest BCUT2D eigenvalue weighted by molar-refractivity contribution is -0.122. The molecule has 144 valence electrons. The van der Waals surface area contributed by atoms with Gasteiger partial charge in [-0.2, -0.15) is 4.80 Å². The topological polar surface area (TPSA) is 102 Å². The number of carbonyl (C=O) groups excluding carboxylic acids is 2. The van der Waals surface area contributed by atoms with E-state index in [-0.39, 0.29) is 31.1 Å². The lowest BCUT2D eigenvalue weighted by atomic mass is 10.1. The third-order valence-corrected chi connectivity index (χ3v) is 3.94. The summed E-state index contributed by atoms with van der Waals surface area (Å²) in [4.78, 5) is 25.1. The van der Waals surface area contributed by atoms with E-state index >= 15 is 0 Å². The zero-order valence-electron chi connectivity index (χ0n) is 15.2. The smallest absolute Gasteiger partial charge is 0.251 e. The van der Waals surface area contributed by atoms with Gasteiger partial charge < -0.3 is 10.6 Å². The first-order chi connectivity index (χ1) is 13.5. The molecule has 0 aliphatic heterocycles. The number of amides is 2. The molecular formula is C19H19FN6O2. The maximum atomic E-state index is 13.5. The highest BCUT2D eigenvalue weighted by Gasteiger charge is 2.10. The molecule has 0 spiro atoms.